The maximum absolute atomic E-state index is 14.7. The van der Waals surface area contributed by atoms with Crippen LogP contribution >= 0.6 is 11.6 Å². The molecule has 1 aliphatic rings. The molecule has 0 bridgehead atoms. The first-order chi connectivity index (χ1) is 23.0. The van der Waals surface area contributed by atoms with Gasteiger partial charge in [-0.3, -0.25) is 13.9 Å². The largest absolute Gasteiger partial charge is 0.352 e. The molecular formula is C39H44ClN3O4S. The first-order valence-electron chi connectivity index (χ1n) is 16.6. The van der Waals surface area contributed by atoms with Crippen molar-refractivity contribution in [3.05, 3.63) is 130 Å². The van der Waals surface area contributed by atoms with Crippen LogP contribution in [0, 0.1) is 6.92 Å². The lowest BCUT2D eigenvalue weighted by atomic mass is 10.0. The monoisotopic (exact) mass is 685 g/mol. The lowest BCUT2D eigenvalue weighted by Crippen LogP contribution is -2.54. The summed E-state index contributed by atoms with van der Waals surface area (Å²) in [7, 11) is -4.17. The Morgan fingerprint density at radius 1 is 0.854 bits per heavy atom. The average Bonchev–Trinajstić information content (AvgIpc) is 3.59. The summed E-state index contributed by atoms with van der Waals surface area (Å²) in [5.74, 6) is -0.510. The molecule has 0 aliphatic heterocycles. The van der Waals surface area contributed by atoms with Crippen LogP contribution in [0.3, 0.4) is 0 Å². The second-order valence-electron chi connectivity index (χ2n) is 12.9. The maximum atomic E-state index is 14.7. The molecule has 7 nitrogen and oxygen atoms in total. The average molecular weight is 686 g/mol. The Hall–Kier alpha value is -4.14. The minimum atomic E-state index is -4.17. The number of benzene rings is 4. The number of hydrogen-bond acceptors (Lipinski definition) is 4. The highest BCUT2D eigenvalue weighted by molar-refractivity contribution is 7.92. The van der Waals surface area contributed by atoms with Crippen LogP contribution in [0.25, 0.3) is 0 Å². The smallest absolute Gasteiger partial charge is 0.264 e. The van der Waals surface area contributed by atoms with E-state index in [2.05, 4.69) is 19.2 Å². The molecule has 9 heteroatoms. The number of hydrogen-bond donors (Lipinski definition) is 1. The molecule has 0 radical (unpaired) electrons. The van der Waals surface area contributed by atoms with Crippen LogP contribution in [0.4, 0.5) is 5.69 Å². The molecule has 0 aromatic heterocycles. The van der Waals surface area contributed by atoms with Crippen molar-refractivity contribution in [3.8, 4) is 0 Å². The summed E-state index contributed by atoms with van der Waals surface area (Å²) in [4.78, 5) is 30.5. The summed E-state index contributed by atoms with van der Waals surface area (Å²) in [5, 5.41) is 3.71. The minimum Gasteiger partial charge on any atom is -0.352 e. The van der Waals surface area contributed by atoms with Gasteiger partial charge in [0.05, 0.1) is 10.6 Å². The number of rotatable bonds is 13. The normalized spacial score (nSPS) is 14.1. The molecule has 4 aromatic carbocycles. The molecule has 0 heterocycles. The highest BCUT2D eigenvalue weighted by atomic mass is 35.5. The van der Waals surface area contributed by atoms with Gasteiger partial charge >= 0.3 is 0 Å². The molecule has 1 saturated carbocycles. The first-order valence-corrected chi connectivity index (χ1v) is 18.4. The van der Waals surface area contributed by atoms with Crippen molar-refractivity contribution in [2.75, 3.05) is 10.8 Å². The zero-order valence-electron chi connectivity index (χ0n) is 27.8. The van der Waals surface area contributed by atoms with Gasteiger partial charge in [0.1, 0.15) is 12.6 Å². The quantitative estimate of drug-likeness (QED) is 0.157. The molecule has 0 saturated heterocycles. The van der Waals surface area contributed by atoms with E-state index in [1.165, 1.54) is 4.90 Å². The Kier molecular flexibility index (Phi) is 11.6. The second kappa shape index (κ2) is 15.8. The first kappa shape index (κ1) is 35.2. The van der Waals surface area contributed by atoms with E-state index >= 15 is 0 Å². The zero-order chi connectivity index (χ0) is 34.3. The van der Waals surface area contributed by atoms with E-state index in [9.17, 15) is 18.0 Å². The topological polar surface area (TPSA) is 86.8 Å². The van der Waals surface area contributed by atoms with Crippen LogP contribution in [0.15, 0.2) is 108 Å². The molecule has 252 valence electrons. The van der Waals surface area contributed by atoms with Crippen molar-refractivity contribution < 1.29 is 18.0 Å². The summed E-state index contributed by atoms with van der Waals surface area (Å²) >= 11 is 6.36. The van der Waals surface area contributed by atoms with Gasteiger partial charge in [-0.05, 0) is 78.8 Å². The van der Waals surface area contributed by atoms with Crippen LogP contribution in [-0.2, 0) is 32.6 Å². The van der Waals surface area contributed by atoms with Gasteiger partial charge in [0.2, 0.25) is 11.8 Å². The number of anilines is 1. The van der Waals surface area contributed by atoms with Gasteiger partial charge in [-0.15, -0.1) is 0 Å². The van der Waals surface area contributed by atoms with Crippen LogP contribution in [0.2, 0.25) is 5.02 Å². The Morgan fingerprint density at radius 3 is 2.12 bits per heavy atom. The van der Waals surface area contributed by atoms with Gasteiger partial charge in [0.25, 0.3) is 10.0 Å². The molecule has 1 atom stereocenters. The lowest BCUT2D eigenvalue weighted by Gasteiger charge is -2.34. The predicted molar refractivity (Wildman–Crippen MR) is 193 cm³/mol. The van der Waals surface area contributed by atoms with E-state index in [1.54, 1.807) is 54.6 Å². The molecular weight excluding hydrogens is 642 g/mol. The fraction of sp³-hybridized carbons (Fsp3) is 0.333. The predicted octanol–water partition coefficient (Wildman–Crippen LogP) is 7.67. The van der Waals surface area contributed by atoms with E-state index in [-0.39, 0.29) is 35.7 Å². The van der Waals surface area contributed by atoms with Gasteiger partial charge in [-0.1, -0.05) is 111 Å². The highest BCUT2D eigenvalue weighted by Crippen LogP contribution is 2.28. The van der Waals surface area contributed by atoms with E-state index in [0.717, 1.165) is 52.2 Å². The van der Waals surface area contributed by atoms with Crippen molar-refractivity contribution in [1.82, 2.24) is 10.2 Å². The Labute approximate surface area is 290 Å². The number of halogens is 1. The van der Waals surface area contributed by atoms with Gasteiger partial charge in [0.15, 0.2) is 0 Å². The van der Waals surface area contributed by atoms with Crippen molar-refractivity contribution >= 4 is 39.1 Å². The zero-order valence-corrected chi connectivity index (χ0v) is 29.4. The SMILES string of the molecule is Cc1ccc(S(=O)(=O)N(CC(=O)N(Cc2cccc(Cl)c2)[C@H](Cc2ccccc2)C(=O)NC2CCCC2)c2ccc(C(C)C)cc2)cc1. The van der Waals surface area contributed by atoms with E-state index in [4.69, 9.17) is 11.6 Å². The molecule has 5 rings (SSSR count). The lowest BCUT2D eigenvalue weighted by molar-refractivity contribution is -0.140. The van der Waals surface area contributed by atoms with Gasteiger partial charge < -0.3 is 10.2 Å². The Morgan fingerprint density at radius 2 is 1.50 bits per heavy atom. The van der Waals surface area contributed by atoms with Gasteiger partial charge in [0, 0.05) is 24.0 Å². The molecule has 1 aliphatic carbocycles. The fourth-order valence-corrected chi connectivity index (χ4v) is 7.77. The van der Waals surface area contributed by atoms with E-state index < -0.39 is 28.5 Å². The van der Waals surface area contributed by atoms with Crippen LogP contribution in [0.1, 0.15) is 67.7 Å². The number of carbonyl (C=O) groups is 2. The third-order valence-corrected chi connectivity index (χ3v) is 11.0. The van der Waals surface area contributed by atoms with E-state index in [0.29, 0.717) is 10.7 Å². The summed E-state index contributed by atoms with van der Waals surface area (Å²) in [6.45, 7) is 5.59. The molecule has 1 N–H and O–H groups in total. The standard InChI is InChI=1S/C39H44ClN3O4S/c1-28(2)32-18-20-35(21-19-32)43(48(46,47)36-22-16-29(3)17-23-36)27-38(44)42(26-31-12-9-13-33(40)24-31)37(25-30-10-5-4-6-11-30)39(45)41-34-14-7-8-15-34/h4-6,9-13,16-24,28,34,37H,7-8,14-15,25-27H2,1-3H3,(H,41,45)/t37-/m1/s1. The number of nitrogens with one attached hydrogen (secondary N) is 1. The Bertz CT molecular complexity index is 1790. The molecule has 4 aromatic rings. The van der Waals surface area contributed by atoms with Crippen LogP contribution < -0.4 is 9.62 Å². The number of aryl methyl sites for hydroxylation is 1. The fourth-order valence-electron chi connectivity index (χ4n) is 6.15. The number of amides is 2. The second-order valence-corrected chi connectivity index (χ2v) is 15.2. The molecule has 1 fully saturated rings. The van der Waals surface area contributed by atoms with Crippen LogP contribution in [0.5, 0.6) is 0 Å². The summed E-state index contributed by atoms with van der Waals surface area (Å²) < 4.78 is 29.8. The number of nitrogens with zero attached hydrogens (tertiary/aromatic N) is 2. The third kappa shape index (κ3) is 8.85. The van der Waals surface area contributed by atoms with Gasteiger partial charge in [-0.25, -0.2) is 8.42 Å². The maximum Gasteiger partial charge on any atom is 0.264 e. The van der Waals surface area contributed by atoms with E-state index in [1.807, 2.05) is 55.5 Å². The minimum absolute atomic E-state index is 0.0387. The number of carbonyl (C=O) groups excluding carboxylic acids is 2. The van der Waals surface area contributed by atoms with Crippen molar-refractivity contribution in [2.45, 2.75) is 82.3 Å². The molecule has 0 spiro atoms. The summed E-state index contributed by atoms with van der Waals surface area (Å²) in [6.07, 6.45) is 4.13. The molecule has 0 unspecified atom stereocenters. The molecule has 2 amide bonds. The van der Waals surface area contributed by atoms with Crippen molar-refractivity contribution in [1.29, 1.82) is 0 Å². The Balaban J connectivity index is 1.57. The third-order valence-electron chi connectivity index (χ3n) is 8.95. The van der Waals surface area contributed by atoms with Crippen LogP contribution in [-0.4, -0.2) is 43.8 Å². The molecule has 48 heavy (non-hydrogen) atoms. The summed E-state index contributed by atoms with van der Waals surface area (Å²) in [5.41, 5.74) is 3.96. The van der Waals surface area contributed by atoms with Crippen molar-refractivity contribution in [2.24, 2.45) is 0 Å². The number of sulfonamides is 1. The highest BCUT2D eigenvalue weighted by Gasteiger charge is 2.35. The van der Waals surface area contributed by atoms with Crippen molar-refractivity contribution in [3.63, 3.8) is 0 Å². The summed E-state index contributed by atoms with van der Waals surface area (Å²) in [6, 6.07) is 29.7. The van der Waals surface area contributed by atoms with Gasteiger partial charge in [-0.2, -0.15) is 0 Å².